The molecule has 1 aliphatic heterocycles. The molecule has 1 atom stereocenters. The van der Waals surface area contributed by atoms with Gasteiger partial charge in [-0.05, 0) is 50.1 Å². The molecule has 2 N–H and O–H groups in total. The van der Waals surface area contributed by atoms with Crippen LogP contribution in [0.4, 0.5) is 5.69 Å². The predicted octanol–water partition coefficient (Wildman–Crippen LogP) is 3.60. The Morgan fingerprint density at radius 1 is 1.11 bits per heavy atom. The number of carbonyl (C=O) groups is 2. The molecule has 5 nitrogen and oxygen atoms in total. The monoisotopic (exact) mass is 379 g/mol. The molecular formula is C23H29N3O2. The minimum atomic E-state index is -0.185. The van der Waals surface area contributed by atoms with Crippen molar-refractivity contribution in [1.29, 1.82) is 0 Å². The molecule has 0 bridgehead atoms. The van der Waals surface area contributed by atoms with Gasteiger partial charge < -0.3 is 15.5 Å². The first-order valence-electron chi connectivity index (χ1n) is 10.0. The average molecular weight is 380 g/mol. The Balaban J connectivity index is 1.65. The van der Waals surface area contributed by atoms with Gasteiger partial charge in [-0.2, -0.15) is 0 Å². The minimum absolute atomic E-state index is 0.00467. The molecule has 0 aliphatic carbocycles. The maximum absolute atomic E-state index is 12.9. The summed E-state index contributed by atoms with van der Waals surface area (Å²) in [4.78, 5) is 27.5. The summed E-state index contributed by atoms with van der Waals surface area (Å²) in [5, 5.41) is 6.38. The number of aryl methyl sites for hydroxylation is 1. The summed E-state index contributed by atoms with van der Waals surface area (Å²) >= 11 is 0. The number of benzene rings is 2. The Kier molecular flexibility index (Phi) is 6.82. The normalized spacial score (nSPS) is 16.6. The topological polar surface area (TPSA) is 61.4 Å². The Hall–Kier alpha value is -2.66. The van der Waals surface area contributed by atoms with Crippen molar-refractivity contribution in [3.8, 4) is 0 Å². The predicted molar refractivity (Wildman–Crippen MR) is 112 cm³/mol. The van der Waals surface area contributed by atoms with Gasteiger partial charge in [-0.1, -0.05) is 42.8 Å². The highest BCUT2D eigenvalue weighted by Crippen LogP contribution is 2.22. The molecule has 1 saturated heterocycles. The van der Waals surface area contributed by atoms with Gasteiger partial charge in [0.1, 0.15) is 0 Å². The molecule has 0 aromatic heterocycles. The number of likely N-dealkylation sites (tertiary alicyclic amines) is 1. The lowest BCUT2D eigenvalue weighted by Crippen LogP contribution is -2.43. The number of amides is 2. The molecule has 28 heavy (non-hydrogen) atoms. The van der Waals surface area contributed by atoms with Crippen LogP contribution < -0.4 is 10.6 Å². The zero-order valence-corrected chi connectivity index (χ0v) is 16.7. The quantitative estimate of drug-likeness (QED) is 0.806. The van der Waals surface area contributed by atoms with E-state index in [2.05, 4.69) is 17.6 Å². The molecule has 1 heterocycles. The summed E-state index contributed by atoms with van der Waals surface area (Å²) in [5.41, 5.74) is 3.72. The number of nitrogens with zero attached hydrogens (tertiary/aromatic N) is 1. The molecule has 1 fully saturated rings. The third kappa shape index (κ3) is 4.98. The van der Waals surface area contributed by atoms with Crippen LogP contribution in [-0.4, -0.2) is 36.3 Å². The van der Waals surface area contributed by atoms with E-state index in [0.717, 1.165) is 42.7 Å². The Labute approximate surface area is 167 Å². The van der Waals surface area contributed by atoms with Crippen LogP contribution in [-0.2, 0) is 11.3 Å². The molecule has 2 aromatic carbocycles. The molecule has 1 unspecified atom stereocenters. The van der Waals surface area contributed by atoms with Crippen LogP contribution in [0.5, 0.6) is 0 Å². The lowest BCUT2D eigenvalue weighted by atomic mass is 9.96. The van der Waals surface area contributed by atoms with E-state index in [1.54, 1.807) is 0 Å². The molecule has 2 amide bonds. The van der Waals surface area contributed by atoms with E-state index in [1.165, 1.54) is 0 Å². The lowest BCUT2D eigenvalue weighted by molar-refractivity contribution is -0.121. The SMILES string of the molecule is CCNCc1ccccc1NC(=O)C1CCCN(C(=O)c2ccc(C)cc2)C1. The molecule has 2 aromatic rings. The van der Waals surface area contributed by atoms with E-state index in [-0.39, 0.29) is 17.7 Å². The number of nitrogens with one attached hydrogen (secondary N) is 2. The number of rotatable bonds is 6. The van der Waals surface area contributed by atoms with Gasteiger partial charge in [0.25, 0.3) is 5.91 Å². The standard InChI is InChI=1S/C23H29N3O2/c1-3-24-15-19-7-4-5-9-21(19)25-22(27)20-8-6-14-26(16-20)23(28)18-12-10-17(2)11-13-18/h4-5,7,9-13,20,24H,3,6,8,14-16H2,1-2H3,(H,25,27). The van der Waals surface area contributed by atoms with Gasteiger partial charge in [0.2, 0.25) is 5.91 Å². The molecule has 148 valence electrons. The molecule has 3 rings (SSSR count). The molecule has 1 aliphatic rings. The highest BCUT2D eigenvalue weighted by molar-refractivity contribution is 5.96. The molecule has 0 spiro atoms. The van der Waals surface area contributed by atoms with Gasteiger partial charge in [-0.3, -0.25) is 9.59 Å². The van der Waals surface area contributed by atoms with Crippen molar-refractivity contribution in [2.75, 3.05) is 25.0 Å². The fraction of sp³-hybridized carbons (Fsp3) is 0.391. The van der Waals surface area contributed by atoms with Crippen molar-refractivity contribution >= 4 is 17.5 Å². The van der Waals surface area contributed by atoms with Crippen molar-refractivity contribution in [2.24, 2.45) is 5.92 Å². The number of hydrogen-bond acceptors (Lipinski definition) is 3. The van der Waals surface area contributed by atoms with E-state index in [9.17, 15) is 9.59 Å². The summed E-state index contributed by atoms with van der Waals surface area (Å²) < 4.78 is 0. The van der Waals surface area contributed by atoms with Crippen LogP contribution in [0.25, 0.3) is 0 Å². The van der Waals surface area contributed by atoms with Gasteiger partial charge in [0, 0.05) is 30.9 Å². The van der Waals surface area contributed by atoms with E-state index in [1.807, 2.05) is 60.4 Å². The second-order valence-electron chi connectivity index (χ2n) is 7.38. The Morgan fingerprint density at radius 3 is 2.61 bits per heavy atom. The molecule has 5 heteroatoms. The van der Waals surface area contributed by atoms with E-state index < -0.39 is 0 Å². The lowest BCUT2D eigenvalue weighted by Gasteiger charge is -2.32. The largest absolute Gasteiger partial charge is 0.338 e. The Morgan fingerprint density at radius 2 is 1.86 bits per heavy atom. The first-order chi connectivity index (χ1) is 13.6. The second-order valence-corrected chi connectivity index (χ2v) is 7.38. The van der Waals surface area contributed by atoms with E-state index in [4.69, 9.17) is 0 Å². The molecular weight excluding hydrogens is 350 g/mol. The fourth-order valence-electron chi connectivity index (χ4n) is 3.55. The van der Waals surface area contributed by atoms with E-state index in [0.29, 0.717) is 18.7 Å². The average Bonchev–Trinajstić information content (AvgIpc) is 2.73. The third-order valence-corrected chi connectivity index (χ3v) is 5.22. The maximum atomic E-state index is 12.9. The first kappa shape index (κ1) is 20.1. The summed E-state index contributed by atoms with van der Waals surface area (Å²) in [6, 6.07) is 15.5. The highest BCUT2D eigenvalue weighted by Gasteiger charge is 2.29. The maximum Gasteiger partial charge on any atom is 0.253 e. The van der Waals surface area contributed by atoms with Crippen molar-refractivity contribution in [2.45, 2.75) is 33.2 Å². The van der Waals surface area contributed by atoms with Gasteiger partial charge in [0.05, 0.1) is 5.92 Å². The number of carbonyl (C=O) groups excluding carboxylic acids is 2. The summed E-state index contributed by atoms with van der Waals surface area (Å²) in [6.45, 7) is 6.82. The van der Waals surface area contributed by atoms with Gasteiger partial charge in [-0.25, -0.2) is 0 Å². The van der Waals surface area contributed by atoms with Crippen LogP contribution in [0.15, 0.2) is 48.5 Å². The number of hydrogen-bond donors (Lipinski definition) is 2. The third-order valence-electron chi connectivity index (χ3n) is 5.22. The highest BCUT2D eigenvalue weighted by atomic mass is 16.2. The van der Waals surface area contributed by atoms with Crippen molar-refractivity contribution in [1.82, 2.24) is 10.2 Å². The molecule has 0 radical (unpaired) electrons. The van der Waals surface area contributed by atoms with Gasteiger partial charge in [0.15, 0.2) is 0 Å². The zero-order chi connectivity index (χ0) is 19.9. The van der Waals surface area contributed by atoms with Crippen LogP contribution in [0.3, 0.4) is 0 Å². The van der Waals surface area contributed by atoms with Crippen molar-refractivity contribution in [3.63, 3.8) is 0 Å². The summed E-state index contributed by atoms with van der Waals surface area (Å²) in [6.07, 6.45) is 1.65. The number of anilines is 1. The van der Waals surface area contributed by atoms with Gasteiger partial charge in [-0.15, -0.1) is 0 Å². The van der Waals surface area contributed by atoms with Crippen LogP contribution in [0, 0.1) is 12.8 Å². The van der Waals surface area contributed by atoms with Crippen LogP contribution in [0.1, 0.15) is 41.3 Å². The van der Waals surface area contributed by atoms with Gasteiger partial charge >= 0.3 is 0 Å². The minimum Gasteiger partial charge on any atom is -0.338 e. The first-order valence-corrected chi connectivity index (χ1v) is 10.0. The van der Waals surface area contributed by atoms with Crippen molar-refractivity contribution in [3.05, 3.63) is 65.2 Å². The number of para-hydroxylation sites is 1. The Bertz CT molecular complexity index is 817. The summed E-state index contributed by atoms with van der Waals surface area (Å²) in [7, 11) is 0. The van der Waals surface area contributed by atoms with Crippen LogP contribution >= 0.6 is 0 Å². The summed E-state index contributed by atoms with van der Waals surface area (Å²) in [5.74, 6) is -0.189. The second kappa shape index (κ2) is 9.51. The van der Waals surface area contributed by atoms with Crippen LogP contribution in [0.2, 0.25) is 0 Å². The number of piperidine rings is 1. The van der Waals surface area contributed by atoms with Crippen molar-refractivity contribution < 1.29 is 9.59 Å². The fourth-order valence-corrected chi connectivity index (χ4v) is 3.55. The zero-order valence-electron chi connectivity index (χ0n) is 16.7. The smallest absolute Gasteiger partial charge is 0.253 e. The molecule has 0 saturated carbocycles. The van der Waals surface area contributed by atoms with E-state index >= 15 is 0 Å².